The number of hydrogen-bond acceptors (Lipinski definition) is 3. The molecular formula is C14H17FN2O2. The van der Waals surface area contributed by atoms with Crippen LogP contribution >= 0.6 is 0 Å². The second-order valence-corrected chi connectivity index (χ2v) is 4.92. The Balaban J connectivity index is 2.00. The van der Waals surface area contributed by atoms with Crippen molar-refractivity contribution in [3.05, 3.63) is 35.6 Å². The summed E-state index contributed by atoms with van der Waals surface area (Å²) in [6, 6.07) is 5.70. The number of amides is 2. The van der Waals surface area contributed by atoms with Gasteiger partial charge >= 0.3 is 0 Å². The van der Waals surface area contributed by atoms with Gasteiger partial charge in [0.1, 0.15) is 5.82 Å². The lowest BCUT2D eigenvalue weighted by molar-refractivity contribution is -0.140. The van der Waals surface area contributed by atoms with E-state index in [2.05, 4.69) is 5.32 Å². The SMILES string of the molecule is CC(C)N1C(=O)CC(NCc2ccccc2F)C1=O. The van der Waals surface area contributed by atoms with Crippen molar-refractivity contribution < 1.29 is 14.0 Å². The van der Waals surface area contributed by atoms with Crippen molar-refractivity contribution >= 4 is 11.8 Å². The largest absolute Gasteiger partial charge is 0.301 e. The molecule has 1 unspecified atom stereocenters. The van der Waals surface area contributed by atoms with Crippen molar-refractivity contribution in [2.24, 2.45) is 0 Å². The average Bonchev–Trinajstić information content (AvgIpc) is 2.63. The van der Waals surface area contributed by atoms with E-state index >= 15 is 0 Å². The second kappa shape index (κ2) is 5.48. The van der Waals surface area contributed by atoms with E-state index in [4.69, 9.17) is 0 Å². The van der Waals surface area contributed by atoms with E-state index in [1.807, 2.05) is 0 Å². The van der Waals surface area contributed by atoms with Crippen molar-refractivity contribution in [3.8, 4) is 0 Å². The summed E-state index contributed by atoms with van der Waals surface area (Å²) in [6.45, 7) is 3.84. The van der Waals surface area contributed by atoms with Crippen LogP contribution in [-0.2, 0) is 16.1 Å². The Labute approximate surface area is 111 Å². The molecule has 4 nitrogen and oxygen atoms in total. The zero-order chi connectivity index (χ0) is 14.0. The van der Waals surface area contributed by atoms with E-state index in [0.29, 0.717) is 5.56 Å². The quantitative estimate of drug-likeness (QED) is 0.837. The van der Waals surface area contributed by atoms with Gasteiger partial charge in [-0.3, -0.25) is 14.5 Å². The van der Waals surface area contributed by atoms with E-state index < -0.39 is 6.04 Å². The number of rotatable bonds is 4. The minimum atomic E-state index is -0.547. The lowest BCUT2D eigenvalue weighted by Gasteiger charge is -2.19. The van der Waals surface area contributed by atoms with Gasteiger partial charge in [0, 0.05) is 18.2 Å². The zero-order valence-corrected chi connectivity index (χ0v) is 11.0. The molecule has 1 aromatic rings. The molecule has 1 N–H and O–H groups in total. The molecule has 1 heterocycles. The smallest absolute Gasteiger partial charge is 0.247 e. The van der Waals surface area contributed by atoms with Crippen LogP contribution in [0.4, 0.5) is 4.39 Å². The highest BCUT2D eigenvalue weighted by molar-refractivity contribution is 6.05. The highest BCUT2D eigenvalue weighted by Gasteiger charge is 2.39. The van der Waals surface area contributed by atoms with Crippen molar-refractivity contribution in [1.82, 2.24) is 10.2 Å². The number of benzene rings is 1. The molecule has 1 aliphatic heterocycles. The van der Waals surface area contributed by atoms with Crippen LogP contribution in [0.5, 0.6) is 0 Å². The monoisotopic (exact) mass is 264 g/mol. The first-order valence-corrected chi connectivity index (χ1v) is 6.33. The van der Waals surface area contributed by atoms with Crippen LogP contribution in [-0.4, -0.2) is 28.8 Å². The topological polar surface area (TPSA) is 49.4 Å². The molecule has 0 saturated carbocycles. The summed E-state index contributed by atoms with van der Waals surface area (Å²) in [7, 11) is 0. The van der Waals surface area contributed by atoms with Crippen LogP contribution in [0, 0.1) is 5.82 Å². The molecule has 1 aromatic carbocycles. The third-order valence-corrected chi connectivity index (χ3v) is 3.20. The molecule has 102 valence electrons. The number of nitrogens with one attached hydrogen (secondary N) is 1. The van der Waals surface area contributed by atoms with E-state index in [0.717, 1.165) is 0 Å². The molecule has 1 aliphatic rings. The third kappa shape index (κ3) is 2.81. The lowest BCUT2D eigenvalue weighted by atomic mass is 10.2. The Bertz CT molecular complexity index is 502. The van der Waals surface area contributed by atoms with Gasteiger partial charge in [0.05, 0.1) is 12.5 Å². The van der Waals surface area contributed by atoms with Crippen LogP contribution < -0.4 is 5.32 Å². The first kappa shape index (κ1) is 13.7. The number of nitrogens with zero attached hydrogens (tertiary/aromatic N) is 1. The molecule has 2 rings (SSSR count). The lowest BCUT2D eigenvalue weighted by Crippen LogP contribution is -2.41. The molecule has 1 fully saturated rings. The standard InChI is InChI=1S/C14H17FN2O2/c1-9(2)17-13(18)7-12(14(17)19)16-8-10-5-3-4-6-11(10)15/h3-6,9,12,16H,7-8H2,1-2H3. The maximum atomic E-state index is 13.4. The van der Waals surface area contributed by atoms with Gasteiger partial charge in [-0.2, -0.15) is 0 Å². The van der Waals surface area contributed by atoms with Crippen LogP contribution in [0.1, 0.15) is 25.8 Å². The second-order valence-electron chi connectivity index (χ2n) is 4.92. The minimum Gasteiger partial charge on any atom is -0.301 e. The Morgan fingerprint density at radius 1 is 1.37 bits per heavy atom. The summed E-state index contributed by atoms with van der Waals surface area (Å²) >= 11 is 0. The fraction of sp³-hybridized carbons (Fsp3) is 0.429. The van der Waals surface area contributed by atoms with Crippen molar-refractivity contribution in [2.75, 3.05) is 0 Å². The van der Waals surface area contributed by atoms with Gasteiger partial charge in [-0.15, -0.1) is 0 Å². The molecule has 2 amide bonds. The number of imide groups is 1. The minimum absolute atomic E-state index is 0.139. The van der Waals surface area contributed by atoms with Gasteiger partial charge in [0.15, 0.2) is 0 Å². The Kier molecular flexibility index (Phi) is 3.95. The Hall–Kier alpha value is -1.75. The molecule has 0 aliphatic carbocycles. The van der Waals surface area contributed by atoms with Crippen LogP contribution in [0.15, 0.2) is 24.3 Å². The van der Waals surface area contributed by atoms with Gasteiger partial charge in [-0.1, -0.05) is 18.2 Å². The fourth-order valence-corrected chi connectivity index (χ4v) is 2.23. The maximum absolute atomic E-state index is 13.4. The first-order valence-electron chi connectivity index (χ1n) is 6.33. The van der Waals surface area contributed by atoms with Gasteiger partial charge in [-0.25, -0.2) is 4.39 Å². The summed E-state index contributed by atoms with van der Waals surface area (Å²) in [5.74, 6) is -0.713. The van der Waals surface area contributed by atoms with Crippen molar-refractivity contribution in [3.63, 3.8) is 0 Å². The fourth-order valence-electron chi connectivity index (χ4n) is 2.23. The number of hydrogen-bond donors (Lipinski definition) is 1. The maximum Gasteiger partial charge on any atom is 0.247 e. The van der Waals surface area contributed by atoms with Crippen molar-refractivity contribution in [2.45, 2.75) is 38.9 Å². The summed E-state index contributed by atoms with van der Waals surface area (Å²) in [5, 5.41) is 2.95. The number of carbonyl (C=O) groups excluding carboxylic acids is 2. The van der Waals surface area contributed by atoms with Crippen LogP contribution in [0.25, 0.3) is 0 Å². The molecule has 19 heavy (non-hydrogen) atoms. The summed E-state index contributed by atoms with van der Waals surface area (Å²) in [6.07, 6.45) is 0.144. The van der Waals surface area contributed by atoms with E-state index in [9.17, 15) is 14.0 Å². The van der Waals surface area contributed by atoms with E-state index in [1.54, 1.807) is 32.0 Å². The summed E-state index contributed by atoms with van der Waals surface area (Å²) in [5.41, 5.74) is 0.491. The molecule has 1 saturated heterocycles. The van der Waals surface area contributed by atoms with E-state index in [-0.39, 0.29) is 36.6 Å². The molecular weight excluding hydrogens is 247 g/mol. The van der Waals surface area contributed by atoms with Gasteiger partial charge in [-0.05, 0) is 19.9 Å². The van der Waals surface area contributed by atoms with Gasteiger partial charge in [0.2, 0.25) is 11.8 Å². The predicted molar refractivity (Wildman–Crippen MR) is 68.6 cm³/mol. The average molecular weight is 264 g/mol. The molecule has 5 heteroatoms. The highest BCUT2D eigenvalue weighted by atomic mass is 19.1. The molecule has 1 atom stereocenters. The molecule has 0 spiro atoms. The summed E-state index contributed by atoms with van der Waals surface area (Å²) < 4.78 is 13.4. The Morgan fingerprint density at radius 3 is 2.63 bits per heavy atom. The normalized spacial score (nSPS) is 19.6. The molecule has 0 radical (unpaired) electrons. The van der Waals surface area contributed by atoms with Crippen LogP contribution in [0.2, 0.25) is 0 Å². The van der Waals surface area contributed by atoms with Crippen molar-refractivity contribution in [1.29, 1.82) is 0 Å². The molecule has 0 aromatic heterocycles. The summed E-state index contributed by atoms with van der Waals surface area (Å²) in [4.78, 5) is 25.0. The first-order chi connectivity index (χ1) is 9.00. The predicted octanol–water partition coefficient (Wildman–Crippen LogP) is 1.45. The number of likely N-dealkylation sites (tertiary alicyclic amines) is 1. The molecule has 0 bridgehead atoms. The van der Waals surface area contributed by atoms with Gasteiger partial charge in [0.25, 0.3) is 0 Å². The van der Waals surface area contributed by atoms with Gasteiger partial charge < -0.3 is 5.32 Å². The zero-order valence-electron chi connectivity index (χ0n) is 11.0. The number of carbonyl (C=O) groups is 2. The highest BCUT2D eigenvalue weighted by Crippen LogP contribution is 2.17. The van der Waals surface area contributed by atoms with E-state index in [1.165, 1.54) is 11.0 Å². The van der Waals surface area contributed by atoms with Crippen LogP contribution in [0.3, 0.4) is 0 Å². The number of halogens is 1. The third-order valence-electron chi connectivity index (χ3n) is 3.20. The Morgan fingerprint density at radius 2 is 2.05 bits per heavy atom.